The molecule has 3 heteroatoms. The van der Waals surface area contributed by atoms with Gasteiger partial charge in [-0.3, -0.25) is 0 Å². The van der Waals surface area contributed by atoms with Crippen LogP contribution in [0, 0.1) is 0 Å². The van der Waals surface area contributed by atoms with Crippen molar-refractivity contribution in [1.82, 2.24) is 0 Å². The highest BCUT2D eigenvalue weighted by molar-refractivity contribution is 5.88. The third-order valence-electron chi connectivity index (χ3n) is 5.08. The van der Waals surface area contributed by atoms with Gasteiger partial charge in [-0.2, -0.15) is 0 Å². The topological polar surface area (TPSA) is 27.7 Å². The van der Waals surface area contributed by atoms with Crippen molar-refractivity contribution in [3.63, 3.8) is 0 Å². The number of methoxy groups -OCH3 is 1. The molecule has 2 heterocycles. The molecule has 1 atom stereocenters. The number of benzene rings is 3. The van der Waals surface area contributed by atoms with Crippen LogP contribution in [-0.2, 0) is 12.8 Å². The summed E-state index contributed by atoms with van der Waals surface area (Å²) in [4.78, 5) is 0. The summed E-state index contributed by atoms with van der Waals surface area (Å²) in [5.74, 6) is 1.92. The van der Waals surface area contributed by atoms with Crippen molar-refractivity contribution in [2.24, 2.45) is 0 Å². The lowest BCUT2D eigenvalue weighted by molar-refractivity contribution is -0.112. The summed E-state index contributed by atoms with van der Waals surface area (Å²) in [6.07, 6.45) is 2.54. The molecule has 0 aromatic heterocycles. The molecule has 3 aromatic carbocycles. The van der Waals surface area contributed by atoms with Gasteiger partial charge in [-0.1, -0.05) is 42.5 Å². The molecule has 0 N–H and O–H groups in total. The number of hydrogen-bond donors (Lipinski definition) is 0. The average Bonchev–Trinajstić information content (AvgIpc) is 2.99. The molecule has 5 rings (SSSR count). The second-order valence-corrected chi connectivity index (χ2v) is 6.50. The summed E-state index contributed by atoms with van der Waals surface area (Å²) in [6.45, 7) is 0. The summed E-state index contributed by atoms with van der Waals surface area (Å²) in [5, 5.41) is 2.49. The van der Waals surface area contributed by atoms with Gasteiger partial charge >= 0.3 is 0 Å². The van der Waals surface area contributed by atoms with Gasteiger partial charge in [0.05, 0.1) is 13.5 Å². The van der Waals surface area contributed by atoms with Crippen LogP contribution in [-0.4, -0.2) is 12.9 Å². The van der Waals surface area contributed by atoms with Crippen LogP contribution in [0.4, 0.5) is 0 Å². The van der Waals surface area contributed by atoms with Crippen LogP contribution in [0.1, 0.15) is 17.5 Å². The van der Waals surface area contributed by atoms with Crippen LogP contribution in [0.15, 0.2) is 54.6 Å². The normalized spacial score (nSPS) is 21.0. The Bertz CT molecular complexity index is 933. The van der Waals surface area contributed by atoms with Gasteiger partial charge in [-0.25, -0.2) is 0 Å². The summed E-state index contributed by atoms with van der Waals surface area (Å²) in [6, 6.07) is 18.7. The van der Waals surface area contributed by atoms with Crippen molar-refractivity contribution in [2.45, 2.75) is 25.0 Å². The maximum Gasteiger partial charge on any atom is 0.255 e. The average molecular weight is 318 g/mol. The first-order valence-electron chi connectivity index (χ1n) is 8.33. The van der Waals surface area contributed by atoms with E-state index in [2.05, 4.69) is 42.5 Å². The fourth-order valence-electron chi connectivity index (χ4n) is 3.89. The molecule has 3 nitrogen and oxygen atoms in total. The third kappa shape index (κ3) is 1.91. The Labute approximate surface area is 140 Å². The van der Waals surface area contributed by atoms with E-state index in [4.69, 9.17) is 14.2 Å². The van der Waals surface area contributed by atoms with Gasteiger partial charge in [0.2, 0.25) is 0 Å². The van der Waals surface area contributed by atoms with E-state index < -0.39 is 5.79 Å². The van der Waals surface area contributed by atoms with E-state index >= 15 is 0 Å². The molecule has 2 aliphatic rings. The minimum absolute atomic E-state index is 0.617. The van der Waals surface area contributed by atoms with E-state index in [1.54, 1.807) is 7.11 Å². The highest BCUT2D eigenvalue weighted by Gasteiger charge is 2.45. The Balaban J connectivity index is 1.58. The zero-order chi connectivity index (χ0) is 16.1. The molecule has 0 aliphatic carbocycles. The molecule has 0 saturated heterocycles. The smallest absolute Gasteiger partial charge is 0.255 e. The molecule has 0 saturated carbocycles. The van der Waals surface area contributed by atoms with E-state index in [1.165, 1.54) is 21.9 Å². The molecule has 0 unspecified atom stereocenters. The molecule has 0 bridgehead atoms. The predicted molar refractivity (Wildman–Crippen MR) is 93.0 cm³/mol. The first-order chi connectivity index (χ1) is 11.8. The molecule has 0 fully saturated rings. The van der Waals surface area contributed by atoms with Gasteiger partial charge in [0.1, 0.15) is 5.75 Å². The van der Waals surface area contributed by atoms with Crippen molar-refractivity contribution in [3.05, 3.63) is 65.7 Å². The first kappa shape index (κ1) is 13.7. The second kappa shape index (κ2) is 4.91. The largest absolute Gasteiger partial charge is 0.493 e. The van der Waals surface area contributed by atoms with E-state index in [-0.39, 0.29) is 0 Å². The zero-order valence-electron chi connectivity index (χ0n) is 13.5. The second-order valence-electron chi connectivity index (χ2n) is 6.50. The van der Waals surface area contributed by atoms with Crippen molar-refractivity contribution in [2.75, 3.05) is 7.11 Å². The Kier molecular flexibility index (Phi) is 2.81. The molecule has 2 aliphatic heterocycles. The molecule has 120 valence electrons. The van der Waals surface area contributed by atoms with Crippen LogP contribution in [0.25, 0.3) is 10.8 Å². The Hall–Kier alpha value is -2.68. The SMILES string of the molecule is COc1cccc2c1O[C@]1(CC2)Cc2c(ccc3ccccc23)O1. The number of para-hydroxylation sites is 1. The quantitative estimate of drug-likeness (QED) is 0.661. The van der Waals surface area contributed by atoms with Crippen molar-refractivity contribution in [1.29, 1.82) is 0 Å². The van der Waals surface area contributed by atoms with Gasteiger partial charge < -0.3 is 14.2 Å². The van der Waals surface area contributed by atoms with Crippen molar-refractivity contribution >= 4 is 10.8 Å². The Morgan fingerprint density at radius 3 is 2.79 bits per heavy atom. The maximum absolute atomic E-state index is 6.39. The van der Waals surface area contributed by atoms with E-state index in [9.17, 15) is 0 Å². The van der Waals surface area contributed by atoms with Crippen LogP contribution < -0.4 is 14.2 Å². The monoisotopic (exact) mass is 318 g/mol. The number of rotatable bonds is 1. The summed E-state index contributed by atoms with van der Waals surface area (Å²) < 4.78 is 18.2. The molecule has 1 spiro atoms. The zero-order valence-corrected chi connectivity index (χ0v) is 13.5. The van der Waals surface area contributed by atoms with Gasteiger partial charge in [-0.15, -0.1) is 0 Å². The van der Waals surface area contributed by atoms with Gasteiger partial charge in [0.15, 0.2) is 11.5 Å². The lowest BCUT2D eigenvalue weighted by Gasteiger charge is -2.35. The molecule has 3 aromatic rings. The van der Waals surface area contributed by atoms with Crippen LogP contribution in [0.3, 0.4) is 0 Å². The van der Waals surface area contributed by atoms with E-state index in [0.29, 0.717) is 0 Å². The molecular weight excluding hydrogens is 300 g/mol. The number of ether oxygens (including phenoxy) is 3. The lowest BCUT2D eigenvalue weighted by atomic mass is 9.94. The van der Waals surface area contributed by atoms with Gasteiger partial charge in [0.25, 0.3) is 5.79 Å². The summed E-state index contributed by atoms with van der Waals surface area (Å²) in [7, 11) is 1.68. The van der Waals surface area contributed by atoms with Crippen LogP contribution >= 0.6 is 0 Å². The molecule has 24 heavy (non-hydrogen) atoms. The number of fused-ring (bicyclic) bond motifs is 4. The van der Waals surface area contributed by atoms with Crippen LogP contribution in [0.2, 0.25) is 0 Å². The van der Waals surface area contributed by atoms with Crippen molar-refractivity contribution < 1.29 is 14.2 Å². The minimum Gasteiger partial charge on any atom is -0.493 e. The fraction of sp³-hybridized carbons (Fsp3) is 0.238. The highest BCUT2D eigenvalue weighted by Crippen LogP contribution is 2.47. The van der Waals surface area contributed by atoms with Crippen molar-refractivity contribution in [3.8, 4) is 17.2 Å². The van der Waals surface area contributed by atoms with E-state index in [0.717, 1.165) is 36.5 Å². The summed E-state index contributed by atoms with van der Waals surface area (Å²) >= 11 is 0. The van der Waals surface area contributed by atoms with Gasteiger partial charge in [0, 0.05) is 12.0 Å². The van der Waals surface area contributed by atoms with E-state index in [1.807, 2.05) is 12.1 Å². The maximum atomic E-state index is 6.39. The molecule has 0 radical (unpaired) electrons. The standard InChI is InChI=1S/C21H18O3/c1-22-19-8-4-6-15-11-12-21(24-20(15)19)13-17-16-7-3-2-5-14(16)9-10-18(17)23-21/h2-10H,11-13H2,1H3/t21-/m1/s1. The lowest BCUT2D eigenvalue weighted by Crippen LogP contribution is -2.44. The Morgan fingerprint density at radius 1 is 0.958 bits per heavy atom. The number of hydrogen-bond acceptors (Lipinski definition) is 3. The predicted octanol–water partition coefficient (Wildman–Crippen LogP) is 4.50. The minimum atomic E-state index is -0.617. The molecular formula is C21H18O3. The third-order valence-corrected chi connectivity index (χ3v) is 5.08. The fourth-order valence-corrected chi connectivity index (χ4v) is 3.89. The number of aryl methyl sites for hydroxylation is 1. The highest BCUT2D eigenvalue weighted by atomic mass is 16.7. The first-order valence-corrected chi connectivity index (χ1v) is 8.33. The van der Waals surface area contributed by atoms with Crippen LogP contribution in [0.5, 0.6) is 17.2 Å². The summed E-state index contributed by atoms with van der Waals surface area (Å²) in [5.41, 5.74) is 2.43. The van der Waals surface area contributed by atoms with Gasteiger partial charge in [-0.05, 0) is 34.9 Å². The molecule has 0 amide bonds. The Morgan fingerprint density at radius 2 is 1.88 bits per heavy atom.